The fourth-order valence-corrected chi connectivity index (χ4v) is 2.75. The second-order valence-electron chi connectivity index (χ2n) is 5.91. The van der Waals surface area contributed by atoms with E-state index in [1.807, 2.05) is 24.3 Å². The Labute approximate surface area is 142 Å². The molecular weight excluding hydrogens is 304 g/mol. The molecule has 0 spiro atoms. The Hall–Kier alpha value is -2.61. The summed E-state index contributed by atoms with van der Waals surface area (Å²) < 4.78 is 4.96. The lowest BCUT2D eigenvalue weighted by Crippen LogP contribution is -2.37. The van der Waals surface area contributed by atoms with E-state index < -0.39 is 5.97 Å². The van der Waals surface area contributed by atoms with Gasteiger partial charge in [-0.3, -0.25) is 4.79 Å². The van der Waals surface area contributed by atoms with Gasteiger partial charge in [0.15, 0.2) is 6.61 Å². The lowest BCUT2D eigenvalue weighted by molar-refractivity contribution is -0.144. The van der Waals surface area contributed by atoms with E-state index in [2.05, 4.69) is 5.32 Å². The van der Waals surface area contributed by atoms with Gasteiger partial charge in [0.1, 0.15) is 11.6 Å². The van der Waals surface area contributed by atoms with Crippen LogP contribution >= 0.6 is 0 Å². The number of hydrogen-bond acceptors (Lipinski definition) is 4. The minimum atomic E-state index is -0.780. The fourth-order valence-electron chi connectivity index (χ4n) is 2.75. The highest BCUT2D eigenvalue weighted by atomic mass is 16.5. The van der Waals surface area contributed by atoms with Gasteiger partial charge in [-0.25, -0.2) is 4.79 Å². The number of esters is 1. The van der Waals surface area contributed by atoms with Gasteiger partial charge in [-0.1, -0.05) is 56.0 Å². The molecule has 5 heteroatoms. The molecule has 0 aromatic heterocycles. The van der Waals surface area contributed by atoms with Gasteiger partial charge >= 0.3 is 5.97 Å². The van der Waals surface area contributed by atoms with E-state index in [4.69, 9.17) is 10.00 Å². The smallest absolute Gasteiger partial charge is 0.349 e. The molecule has 0 atom stereocenters. The van der Waals surface area contributed by atoms with Crippen LogP contribution in [0.1, 0.15) is 44.1 Å². The van der Waals surface area contributed by atoms with E-state index in [9.17, 15) is 9.59 Å². The third kappa shape index (κ3) is 5.88. The normalized spacial score (nSPS) is 15.9. The predicted molar refractivity (Wildman–Crippen MR) is 90.6 cm³/mol. The average Bonchev–Trinajstić information content (AvgIpc) is 2.87. The highest BCUT2D eigenvalue weighted by Crippen LogP contribution is 2.17. The molecule has 1 fully saturated rings. The van der Waals surface area contributed by atoms with Crippen molar-refractivity contribution in [2.75, 3.05) is 6.61 Å². The molecule has 126 valence electrons. The van der Waals surface area contributed by atoms with Gasteiger partial charge in [0, 0.05) is 6.04 Å². The van der Waals surface area contributed by atoms with E-state index in [0.29, 0.717) is 0 Å². The predicted octanol–water partition coefficient (Wildman–Crippen LogP) is 2.98. The number of carbonyl (C=O) groups excluding carboxylic acids is 2. The van der Waals surface area contributed by atoms with E-state index >= 15 is 0 Å². The molecule has 0 heterocycles. The molecule has 0 saturated heterocycles. The summed E-state index contributed by atoms with van der Waals surface area (Å²) in [6.45, 7) is -0.358. The number of hydrogen-bond donors (Lipinski definition) is 1. The van der Waals surface area contributed by atoms with E-state index in [0.717, 1.165) is 31.2 Å². The minimum Gasteiger partial charge on any atom is -0.451 e. The van der Waals surface area contributed by atoms with E-state index in [1.54, 1.807) is 12.1 Å². The molecule has 1 aliphatic rings. The zero-order chi connectivity index (χ0) is 17.2. The lowest BCUT2D eigenvalue weighted by atomic mass is 10.1. The second kappa shape index (κ2) is 9.51. The van der Waals surface area contributed by atoms with Gasteiger partial charge in [0.25, 0.3) is 5.91 Å². The lowest BCUT2D eigenvalue weighted by Gasteiger charge is -2.16. The van der Waals surface area contributed by atoms with Gasteiger partial charge in [-0.05, 0) is 24.5 Å². The molecule has 1 aromatic rings. The third-order valence-corrected chi connectivity index (χ3v) is 4.01. The number of nitrogens with one attached hydrogen (secondary N) is 1. The van der Waals surface area contributed by atoms with Gasteiger partial charge in [-0.2, -0.15) is 5.26 Å². The van der Waals surface area contributed by atoms with Crippen LogP contribution in [-0.4, -0.2) is 24.5 Å². The standard InChI is InChI=1S/C19H22N2O3/c20-13-16(12-15-8-4-3-5-9-15)19(23)24-14-18(22)21-17-10-6-1-2-7-11-17/h3-5,8-9,12,17H,1-2,6-7,10-11,14H2,(H,21,22)/b16-12+. The number of rotatable bonds is 5. The maximum atomic E-state index is 11.9. The molecule has 24 heavy (non-hydrogen) atoms. The zero-order valence-electron chi connectivity index (χ0n) is 13.7. The number of nitriles is 1. The van der Waals surface area contributed by atoms with Crippen molar-refractivity contribution < 1.29 is 14.3 Å². The fraction of sp³-hybridized carbons (Fsp3) is 0.421. The van der Waals surface area contributed by atoms with Crippen molar-refractivity contribution in [2.24, 2.45) is 0 Å². The first-order chi connectivity index (χ1) is 11.7. The molecule has 0 radical (unpaired) electrons. The van der Waals surface area contributed by atoms with Crippen molar-refractivity contribution in [3.63, 3.8) is 0 Å². The first kappa shape index (κ1) is 17.7. The monoisotopic (exact) mass is 326 g/mol. The van der Waals surface area contributed by atoms with E-state index in [-0.39, 0.29) is 24.1 Å². The summed E-state index contributed by atoms with van der Waals surface area (Å²) in [5, 5.41) is 12.0. The summed E-state index contributed by atoms with van der Waals surface area (Å²) in [7, 11) is 0. The second-order valence-corrected chi connectivity index (χ2v) is 5.91. The van der Waals surface area contributed by atoms with Crippen LogP contribution in [-0.2, 0) is 14.3 Å². The Kier molecular flexibility index (Phi) is 7.03. The molecule has 1 amide bonds. The van der Waals surface area contributed by atoms with Crippen molar-refractivity contribution in [3.05, 3.63) is 41.5 Å². The molecule has 0 bridgehead atoms. The summed E-state index contributed by atoms with van der Waals surface area (Å²) in [6, 6.07) is 11.0. The van der Waals surface area contributed by atoms with Crippen molar-refractivity contribution >= 4 is 18.0 Å². The summed E-state index contributed by atoms with van der Waals surface area (Å²) >= 11 is 0. The summed E-state index contributed by atoms with van der Waals surface area (Å²) in [5.41, 5.74) is 0.609. The summed E-state index contributed by atoms with van der Waals surface area (Å²) in [6.07, 6.45) is 8.03. The quantitative estimate of drug-likeness (QED) is 0.390. The van der Waals surface area contributed by atoms with Crippen LogP contribution in [0, 0.1) is 11.3 Å². The van der Waals surface area contributed by atoms with Gasteiger partial charge in [0.05, 0.1) is 0 Å². The molecule has 1 aromatic carbocycles. The van der Waals surface area contributed by atoms with Crippen LogP contribution in [0.25, 0.3) is 6.08 Å². The van der Waals surface area contributed by atoms with Gasteiger partial charge in [-0.15, -0.1) is 0 Å². The molecule has 1 aliphatic carbocycles. The highest BCUT2D eigenvalue weighted by molar-refractivity contribution is 5.98. The molecule has 1 N–H and O–H groups in total. The van der Waals surface area contributed by atoms with Gasteiger partial charge in [0.2, 0.25) is 0 Å². The number of carbonyl (C=O) groups is 2. The van der Waals surface area contributed by atoms with Crippen molar-refractivity contribution in [1.82, 2.24) is 5.32 Å². The Bertz CT molecular complexity index is 624. The summed E-state index contributed by atoms with van der Waals surface area (Å²) in [5.74, 6) is -1.09. The molecular formula is C19H22N2O3. The van der Waals surface area contributed by atoms with Crippen LogP contribution in [0.5, 0.6) is 0 Å². The van der Waals surface area contributed by atoms with Crippen molar-refractivity contribution in [3.8, 4) is 6.07 Å². The average molecular weight is 326 g/mol. The Balaban J connectivity index is 1.83. The molecule has 0 aliphatic heterocycles. The number of nitrogens with zero attached hydrogens (tertiary/aromatic N) is 1. The number of amides is 1. The maximum absolute atomic E-state index is 11.9. The first-order valence-electron chi connectivity index (χ1n) is 8.32. The van der Waals surface area contributed by atoms with Crippen LogP contribution in [0.3, 0.4) is 0 Å². The van der Waals surface area contributed by atoms with Gasteiger partial charge < -0.3 is 10.1 Å². The Morgan fingerprint density at radius 1 is 1.17 bits per heavy atom. The topological polar surface area (TPSA) is 79.2 Å². The largest absolute Gasteiger partial charge is 0.451 e. The molecule has 2 rings (SSSR count). The molecule has 5 nitrogen and oxygen atoms in total. The van der Waals surface area contributed by atoms with Crippen molar-refractivity contribution in [2.45, 2.75) is 44.6 Å². The SMILES string of the molecule is N#C/C(=C\c1ccccc1)C(=O)OCC(=O)NC1CCCCCC1. The minimum absolute atomic E-state index is 0.122. The third-order valence-electron chi connectivity index (χ3n) is 4.01. The van der Waals surface area contributed by atoms with Crippen molar-refractivity contribution in [1.29, 1.82) is 5.26 Å². The van der Waals surface area contributed by atoms with Crippen LogP contribution in [0.2, 0.25) is 0 Å². The summed E-state index contributed by atoms with van der Waals surface area (Å²) in [4.78, 5) is 23.8. The zero-order valence-corrected chi connectivity index (χ0v) is 13.7. The molecule has 1 saturated carbocycles. The van der Waals surface area contributed by atoms with Crippen LogP contribution in [0.4, 0.5) is 0 Å². The number of ether oxygens (including phenoxy) is 1. The maximum Gasteiger partial charge on any atom is 0.349 e. The van der Waals surface area contributed by atoms with Crippen LogP contribution < -0.4 is 5.32 Å². The number of benzene rings is 1. The highest BCUT2D eigenvalue weighted by Gasteiger charge is 2.17. The van der Waals surface area contributed by atoms with Crippen LogP contribution in [0.15, 0.2) is 35.9 Å². The van der Waals surface area contributed by atoms with E-state index in [1.165, 1.54) is 18.9 Å². The Morgan fingerprint density at radius 3 is 2.46 bits per heavy atom. The molecule has 0 unspecified atom stereocenters. The first-order valence-corrected chi connectivity index (χ1v) is 8.32. The Morgan fingerprint density at radius 2 is 1.83 bits per heavy atom.